The zero-order valence-electron chi connectivity index (χ0n) is 16.1. The first kappa shape index (κ1) is 18.4. The van der Waals surface area contributed by atoms with Gasteiger partial charge in [-0.15, -0.1) is 0 Å². The lowest BCUT2D eigenvalue weighted by Crippen LogP contribution is -2.40. The summed E-state index contributed by atoms with van der Waals surface area (Å²) < 4.78 is 20.4. The molecule has 3 heterocycles. The van der Waals surface area contributed by atoms with Crippen LogP contribution < -0.4 is 0 Å². The third-order valence-corrected chi connectivity index (χ3v) is 5.29. The van der Waals surface area contributed by atoms with Crippen molar-refractivity contribution in [1.29, 1.82) is 0 Å². The minimum atomic E-state index is -0.297. The second kappa shape index (κ2) is 7.58. The monoisotopic (exact) mass is 382 g/mol. The number of carbonyl (C=O) groups is 1. The number of nitrogens with zero attached hydrogens (tertiary/aromatic N) is 4. The maximum Gasteiger partial charge on any atom is 0.227 e. The molecule has 1 saturated heterocycles. The van der Waals surface area contributed by atoms with Crippen molar-refractivity contribution in [2.24, 2.45) is 7.05 Å². The highest BCUT2D eigenvalue weighted by atomic mass is 19.1. The van der Waals surface area contributed by atoms with Gasteiger partial charge in [-0.1, -0.05) is 17.3 Å². The highest BCUT2D eigenvalue weighted by Crippen LogP contribution is 2.37. The van der Waals surface area contributed by atoms with Crippen molar-refractivity contribution in [3.63, 3.8) is 0 Å². The van der Waals surface area contributed by atoms with E-state index in [4.69, 9.17) is 4.52 Å². The highest BCUT2D eigenvalue weighted by Gasteiger charge is 2.32. The number of likely N-dealkylation sites (tertiary alicyclic amines) is 1. The fraction of sp³-hybridized carbons (Fsp3) is 0.381. The summed E-state index contributed by atoms with van der Waals surface area (Å²) in [4.78, 5) is 15.0. The van der Waals surface area contributed by atoms with E-state index in [2.05, 4.69) is 10.3 Å². The number of piperidine rings is 1. The SMILES string of the molecule is Cc1cc(-c2cnn(C)c2[C@H]2CCCCN2C(=O)Cc2ccc(F)cc2)on1. The molecule has 0 unspecified atom stereocenters. The fourth-order valence-corrected chi connectivity index (χ4v) is 3.92. The predicted molar refractivity (Wildman–Crippen MR) is 102 cm³/mol. The molecule has 3 aromatic rings. The van der Waals surface area contributed by atoms with Crippen molar-refractivity contribution in [2.75, 3.05) is 6.54 Å². The molecule has 0 saturated carbocycles. The molecule has 0 bridgehead atoms. The summed E-state index contributed by atoms with van der Waals surface area (Å²) in [6.07, 6.45) is 4.91. The lowest BCUT2D eigenvalue weighted by Gasteiger charge is -2.36. The van der Waals surface area contributed by atoms with Crippen molar-refractivity contribution in [1.82, 2.24) is 19.8 Å². The van der Waals surface area contributed by atoms with Crippen LogP contribution in [0.1, 0.15) is 42.3 Å². The molecule has 0 radical (unpaired) electrons. The van der Waals surface area contributed by atoms with E-state index in [0.717, 1.165) is 41.8 Å². The third kappa shape index (κ3) is 3.56. The first-order chi connectivity index (χ1) is 13.5. The third-order valence-electron chi connectivity index (χ3n) is 5.29. The Morgan fingerprint density at radius 1 is 1.29 bits per heavy atom. The van der Waals surface area contributed by atoms with Gasteiger partial charge in [-0.25, -0.2) is 4.39 Å². The Labute approximate surface area is 162 Å². The normalized spacial score (nSPS) is 17.1. The number of benzene rings is 1. The smallest absolute Gasteiger partial charge is 0.227 e. The predicted octanol–water partition coefficient (Wildman–Crippen LogP) is 3.82. The zero-order chi connectivity index (χ0) is 19.7. The summed E-state index contributed by atoms with van der Waals surface area (Å²) in [5.74, 6) is 0.406. The minimum Gasteiger partial charge on any atom is -0.356 e. The second-order valence-corrected chi connectivity index (χ2v) is 7.30. The Balaban J connectivity index is 1.63. The van der Waals surface area contributed by atoms with E-state index in [9.17, 15) is 9.18 Å². The van der Waals surface area contributed by atoms with Gasteiger partial charge in [0.05, 0.1) is 35.6 Å². The molecule has 1 aliphatic rings. The van der Waals surface area contributed by atoms with Crippen LogP contribution in [0.2, 0.25) is 0 Å². The van der Waals surface area contributed by atoms with Crippen molar-refractivity contribution < 1.29 is 13.7 Å². The lowest BCUT2D eigenvalue weighted by molar-refractivity contribution is -0.134. The van der Waals surface area contributed by atoms with E-state index in [0.29, 0.717) is 12.3 Å². The first-order valence-electron chi connectivity index (χ1n) is 9.52. The molecular weight excluding hydrogens is 359 g/mol. The molecule has 0 spiro atoms. The van der Waals surface area contributed by atoms with Gasteiger partial charge in [-0.2, -0.15) is 5.10 Å². The van der Waals surface area contributed by atoms with Crippen LogP contribution in [0.4, 0.5) is 4.39 Å². The standard InChI is InChI=1S/C21H23FN4O2/c1-14-11-19(28-24-14)17-13-23-25(2)21(17)18-5-3-4-10-26(18)20(27)12-15-6-8-16(22)9-7-15/h6-9,11,13,18H,3-5,10,12H2,1-2H3/t18-/m1/s1. The molecule has 1 aromatic carbocycles. The maximum absolute atomic E-state index is 13.2. The fourth-order valence-electron chi connectivity index (χ4n) is 3.92. The largest absolute Gasteiger partial charge is 0.356 e. The number of aryl methyl sites for hydroxylation is 2. The van der Waals surface area contributed by atoms with Crippen LogP contribution in [0.5, 0.6) is 0 Å². The average Bonchev–Trinajstić information content (AvgIpc) is 3.29. The van der Waals surface area contributed by atoms with Gasteiger partial charge in [-0.05, 0) is 43.9 Å². The van der Waals surface area contributed by atoms with Crippen LogP contribution in [0.15, 0.2) is 41.1 Å². The molecule has 4 rings (SSSR count). The van der Waals surface area contributed by atoms with Gasteiger partial charge >= 0.3 is 0 Å². The van der Waals surface area contributed by atoms with Crippen LogP contribution in [0.25, 0.3) is 11.3 Å². The molecule has 1 aliphatic heterocycles. The number of aromatic nitrogens is 3. The van der Waals surface area contributed by atoms with Gasteiger partial charge in [0.2, 0.25) is 5.91 Å². The molecule has 0 aliphatic carbocycles. The summed E-state index contributed by atoms with van der Waals surface area (Å²) >= 11 is 0. The number of hydrogen-bond acceptors (Lipinski definition) is 4. The summed E-state index contributed by atoms with van der Waals surface area (Å²) in [6, 6.07) is 7.92. The first-order valence-corrected chi connectivity index (χ1v) is 9.52. The molecule has 1 fully saturated rings. The Bertz CT molecular complexity index is 977. The van der Waals surface area contributed by atoms with E-state index >= 15 is 0 Å². The van der Waals surface area contributed by atoms with Gasteiger partial charge < -0.3 is 9.42 Å². The molecule has 2 aromatic heterocycles. The average molecular weight is 382 g/mol. The van der Waals surface area contributed by atoms with Gasteiger partial charge in [0.15, 0.2) is 5.76 Å². The molecule has 1 atom stereocenters. The molecular formula is C21H23FN4O2. The molecule has 0 N–H and O–H groups in total. The van der Waals surface area contributed by atoms with Crippen molar-refractivity contribution in [3.05, 3.63) is 59.3 Å². The molecule has 1 amide bonds. The quantitative estimate of drug-likeness (QED) is 0.688. The van der Waals surface area contributed by atoms with Crippen LogP contribution in [0.3, 0.4) is 0 Å². The molecule has 6 nitrogen and oxygen atoms in total. The number of carbonyl (C=O) groups excluding carboxylic acids is 1. The van der Waals surface area contributed by atoms with Crippen molar-refractivity contribution in [3.8, 4) is 11.3 Å². The molecule has 28 heavy (non-hydrogen) atoms. The van der Waals surface area contributed by atoms with E-state index < -0.39 is 0 Å². The van der Waals surface area contributed by atoms with E-state index in [1.807, 2.05) is 29.6 Å². The topological polar surface area (TPSA) is 64.2 Å². The minimum absolute atomic E-state index is 0.0391. The second-order valence-electron chi connectivity index (χ2n) is 7.30. The van der Waals surface area contributed by atoms with Crippen LogP contribution in [-0.4, -0.2) is 32.3 Å². The number of hydrogen-bond donors (Lipinski definition) is 0. The Hall–Kier alpha value is -2.96. The van der Waals surface area contributed by atoms with Gasteiger partial charge in [0.25, 0.3) is 0 Å². The number of rotatable bonds is 4. The van der Waals surface area contributed by atoms with E-state index in [1.165, 1.54) is 12.1 Å². The number of amides is 1. The molecule has 146 valence electrons. The summed E-state index contributed by atoms with van der Waals surface area (Å²) in [6.45, 7) is 2.58. The summed E-state index contributed by atoms with van der Waals surface area (Å²) in [7, 11) is 1.89. The van der Waals surface area contributed by atoms with Gasteiger partial charge in [-0.3, -0.25) is 9.48 Å². The van der Waals surface area contributed by atoms with E-state index in [-0.39, 0.29) is 24.2 Å². The summed E-state index contributed by atoms with van der Waals surface area (Å²) in [5, 5.41) is 8.40. The van der Waals surface area contributed by atoms with Crippen LogP contribution >= 0.6 is 0 Å². The Kier molecular flexibility index (Phi) is 4.98. The van der Waals surface area contributed by atoms with Crippen molar-refractivity contribution in [2.45, 2.75) is 38.6 Å². The zero-order valence-corrected chi connectivity index (χ0v) is 16.1. The van der Waals surface area contributed by atoms with E-state index in [1.54, 1.807) is 18.3 Å². The Morgan fingerprint density at radius 2 is 2.07 bits per heavy atom. The highest BCUT2D eigenvalue weighted by molar-refractivity contribution is 5.79. The van der Waals surface area contributed by atoms with Crippen molar-refractivity contribution >= 4 is 5.91 Å². The van der Waals surface area contributed by atoms with Crippen LogP contribution in [-0.2, 0) is 18.3 Å². The number of halogens is 1. The lowest BCUT2D eigenvalue weighted by atomic mass is 9.95. The van der Waals surface area contributed by atoms with Crippen LogP contribution in [0, 0.1) is 12.7 Å². The summed E-state index contributed by atoms with van der Waals surface area (Å²) in [5.41, 5.74) is 3.45. The Morgan fingerprint density at radius 3 is 2.79 bits per heavy atom. The maximum atomic E-state index is 13.2. The van der Waals surface area contributed by atoms with Gasteiger partial charge in [0.1, 0.15) is 5.82 Å². The van der Waals surface area contributed by atoms with Gasteiger partial charge in [0, 0.05) is 19.7 Å². The molecule has 7 heteroatoms.